The summed E-state index contributed by atoms with van der Waals surface area (Å²) in [5.74, 6) is 0.842. The van der Waals surface area contributed by atoms with Gasteiger partial charge in [0.2, 0.25) is 0 Å². The van der Waals surface area contributed by atoms with Crippen molar-refractivity contribution in [1.29, 1.82) is 0 Å². The smallest absolute Gasteiger partial charge is 0.157 e. The van der Waals surface area contributed by atoms with Gasteiger partial charge in [0.1, 0.15) is 0 Å². The van der Waals surface area contributed by atoms with Gasteiger partial charge >= 0.3 is 0 Å². The van der Waals surface area contributed by atoms with E-state index in [1.807, 2.05) is 23.0 Å². The fraction of sp³-hybridized carbons (Fsp3) is 0.357. The van der Waals surface area contributed by atoms with Crippen molar-refractivity contribution >= 4 is 5.69 Å². The van der Waals surface area contributed by atoms with Crippen molar-refractivity contribution in [2.75, 3.05) is 12.3 Å². The highest BCUT2D eigenvalue weighted by molar-refractivity contribution is 5.39. The molecule has 0 fully saturated rings. The molecule has 0 aliphatic rings. The van der Waals surface area contributed by atoms with E-state index in [4.69, 9.17) is 10.5 Å². The van der Waals surface area contributed by atoms with E-state index in [1.54, 1.807) is 6.20 Å². The van der Waals surface area contributed by atoms with Gasteiger partial charge in [0.25, 0.3) is 0 Å². The second kappa shape index (κ2) is 6.10. The molecule has 0 spiro atoms. The Morgan fingerprint density at radius 2 is 2.06 bits per heavy atom. The van der Waals surface area contributed by atoms with Crippen LogP contribution in [0.1, 0.15) is 18.9 Å². The first-order valence-corrected chi connectivity index (χ1v) is 6.27. The minimum Gasteiger partial charge on any atom is -0.490 e. The van der Waals surface area contributed by atoms with Crippen LogP contribution in [0.2, 0.25) is 0 Å². The summed E-state index contributed by atoms with van der Waals surface area (Å²) in [6.45, 7) is 3.63. The molecule has 18 heavy (non-hydrogen) atoms. The van der Waals surface area contributed by atoms with E-state index in [-0.39, 0.29) is 0 Å². The van der Waals surface area contributed by atoms with E-state index in [2.05, 4.69) is 24.2 Å². The van der Waals surface area contributed by atoms with Gasteiger partial charge < -0.3 is 10.5 Å². The van der Waals surface area contributed by atoms with E-state index in [0.717, 1.165) is 30.8 Å². The van der Waals surface area contributed by atoms with Crippen LogP contribution in [0.15, 0.2) is 36.7 Å². The number of anilines is 1. The summed E-state index contributed by atoms with van der Waals surface area (Å²) < 4.78 is 7.48. The standard InChI is InChI=1S/C14H19N3O/c1-2-17-11-14(10-16-17)18-9-3-4-12-5-7-13(15)8-6-12/h5-8,10-11H,2-4,9,15H2,1H3. The van der Waals surface area contributed by atoms with Crippen LogP contribution in [-0.2, 0) is 13.0 Å². The van der Waals surface area contributed by atoms with Crippen LogP contribution >= 0.6 is 0 Å². The Balaban J connectivity index is 1.71. The lowest BCUT2D eigenvalue weighted by Gasteiger charge is -2.04. The number of aryl methyl sites for hydroxylation is 2. The van der Waals surface area contributed by atoms with E-state index >= 15 is 0 Å². The molecule has 0 amide bonds. The molecular formula is C14H19N3O. The van der Waals surface area contributed by atoms with Crippen LogP contribution in [0.25, 0.3) is 0 Å². The summed E-state index contributed by atoms with van der Waals surface area (Å²) in [6.07, 6.45) is 5.67. The predicted molar refractivity (Wildman–Crippen MR) is 72.6 cm³/mol. The van der Waals surface area contributed by atoms with Crippen molar-refractivity contribution in [1.82, 2.24) is 9.78 Å². The van der Waals surface area contributed by atoms with Crippen LogP contribution in [0, 0.1) is 0 Å². The number of ether oxygens (including phenoxy) is 1. The first kappa shape index (κ1) is 12.5. The van der Waals surface area contributed by atoms with Gasteiger partial charge in [-0.3, -0.25) is 4.68 Å². The Labute approximate surface area is 107 Å². The van der Waals surface area contributed by atoms with Gasteiger partial charge in [0.05, 0.1) is 19.0 Å². The summed E-state index contributed by atoms with van der Waals surface area (Å²) >= 11 is 0. The highest BCUT2D eigenvalue weighted by Gasteiger charge is 1.98. The van der Waals surface area contributed by atoms with Crippen LogP contribution < -0.4 is 10.5 Å². The van der Waals surface area contributed by atoms with Gasteiger partial charge in [0, 0.05) is 12.2 Å². The largest absolute Gasteiger partial charge is 0.490 e. The van der Waals surface area contributed by atoms with Crippen molar-refractivity contribution in [3.05, 3.63) is 42.2 Å². The van der Waals surface area contributed by atoms with Crippen molar-refractivity contribution in [3.8, 4) is 5.75 Å². The molecule has 0 unspecified atom stereocenters. The molecule has 0 aliphatic heterocycles. The van der Waals surface area contributed by atoms with Crippen molar-refractivity contribution in [3.63, 3.8) is 0 Å². The summed E-state index contributed by atoms with van der Waals surface area (Å²) in [5.41, 5.74) is 7.74. The molecule has 4 nitrogen and oxygen atoms in total. The monoisotopic (exact) mass is 245 g/mol. The third kappa shape index (κ3) is 3.52. The molecular weight excluding hydrogens is 226 g/mol. The molecule has 2 rings (SSSR count). The summed E-state index contributed by atoms with van der Waals surface area (Å²) in [6, 6.07) is 7.98. The second-order valence-corrected chi connectivity index (χ2v) is 4.23. The van der Waals surface area contributed by atoms with Crippen LogP contribution in [-0.4, -0.2) is 16.4 Å². The second-order valence-electron chi connectivity index (χ2n) is 4.23. The normalized spacial score (nSPS) is 10.5. The lowest BCUT2D eigenvalue weighted by molar-refractivity contribution is 0.310. The number of benzene rings is 1. The van der Waals surface area contributed by atoms with Gasteiger partial charge in [-0.25, -0.2) is 0 Å². The molecule has 0 atom stereocenters. The molecule has 2 aromatic rings. The highest BCUT2D eigenvalue weighted by Crippen LogP contribution is 2.10. The summed E-state index contributed by atoms with van der Waals surface area (Å²) in [4.78, 5) is 0. The van der Waals surface area contributed by atoms with Gasteiger partial charge in [-0.15, -0.1) is 0 Å². The van der Waals surface area contributed by atoms with Crippen molar-refractivity contribution < 1.29 is 4.74 Å². The fourth-order valence-corrected chi connectivity index (χ4v) is 1.74. The molecule has 2 N–H and O–H groups in total. The fourth-order valence-electron chi connectivity index (χ4n) is 1.74. The Kier molecular flexibility index (Phi) is 4.23. The molecule has 0 saturated heterocycles. The summed E-state index contributed by atoms with van der Waals surface area (Å²) in [5, 5.41) is 4.16. The summed E-state index contributed by atoms with van der Waals surface area (Å²) in [7, 11) is 0. The zero-order valence-corrected chi connectivity index (χ0v) is 10.7. The maximum atomic E-state index is 5.64. The zero-order chi connectivity index (χ0) is 12.8. The number of hydrogen-bond donors (Lipinski definition) is 1. The molecule has 0 bridgehead atoms. The average Bonchev–Trinajstić information content (AvgIpc) is 2.85. The van der Waals surface area contributed by atoms with Crippen LogP contribution in [0.4, 0.5) is 5.69 Å². The number of aromatic nitrogens is 2. The number of nitrogens with two attached hydrogens (primary N) is 1. The van der Waals surface area contributed by atoms with Crippen LogP contribution in [0.3, 0.4) is 0 Å². The zero-order valence-electron chi connectivity index (χ0n) is 10.7. The number of nitrogens with zero attached hydrogens (tertiary/aromatic N) is 2. The van der Waals surface area contributed by atoms with Gasteiger partial charge in [0.15, 0.2) is 5.75 Å². The Bertz CT molecular complexity index is 476. The third-order valence-corrected chi connectivity index (χ3v) is 2.79. The van der Waals surface area contributed by atoms with Gasteiger partial charge in [-0.2, -0.15) is 5.10 Å². The third-order valence-electron chi connectivity index (χ3n) is 2.79. The number of rotatable bonds is 6. The lowest BCUT2D eigenvalue weighted by atomic mass is 10.1. The predicted octanol–water partition coefficient (Wildman–Crippen LogP) is 2.50. The van der Waals surface area contributed by atoms with E-state index in [0.29, 0.717) is 6.61 Å². The maximum Gasteiger partial charge on any atom is 0.157 e. The van der Waals surface area contributed by atoms with E-state index in [1.165, 1.54) is 5.56 Å². The first-order valence-electron chi connectivity index (χ1n) is 6.27. The average molecular weight is 245 g/mol. The topological polar surface area (TPSA) is 53.1 Å². The molecule has 4 heteroatoms. The Hall–Kier alpha value is -1.97. The lowest BCUT2D eigenvalue weighted by Crippen LogP contribution is -1.99. The minimum absolute atomic E-state index is 0.708. The molecule has 0 saturated carbocycles. The molecule has 0 aliphatic carbocycles. The quantitative estimate of drug-likeness (QED) is 0.628. The molecule has 0 radical (unpaired) electrons. The van der Waals surface area contributed by atoms with Crippen LogP contribution in [0.5, 0.6) is 5.75 Å². The van der Waals surface area contributed by atoms with Gasteiger partial charge in [-0.1, -0.05) is 12.1 Å². The van der Waals surface area contributed by atoms with Crippen molar-refractivity contribution in [2.24, 2.45) is 0 Å². The van der Waals surface area contributed by atoms with E-state index in [9.17, 15) is 0 Å². The SMILES string of the molecule is CCn1cc(OCCCc2ccc(N)cc2)cn1. The number of hydrogen-bond acceptors (Lipinski definition) is 3. The molecule has 1 aromatic carbocycles. The van der Waals surface area contributed by atoms with Gasteiger partial charge in [-0.05, 0) is 37.5 Å². The Morgan fingerprint density at radius 3 is 2.72 bits per heavy atom. The maximum absolute atomic E-state index is 5.64. The minimum atomic E-state index is 0.708. The first-order chi connectivity index (χ1) is 8.78. The number of nitrogen functional groups attached to an aromatic ring is 1. The molecule has 1 aromatic heterocycles. The molecule has 96 valence electrons. The van der Waals surface area contributed by atoms with Crippen molar-refractivity contribution in [2.45, 2.75) is 26.3 Å². The highest BCUT2D eigenvalue weighted by atomic mass is 16.5. The van der Waals surface area contributed by atoms with E-state index < -0.39 is 0 Å². The Morgan fingerprint density at radius 1 is 1.28 bits per heavy atom. The molecule has 1 heterocycles.